The van der Waals surface area contributed by atoms with Crippen molar-refractivity contribution in [3.63, 3.8) is 0 Å². The first kappa shape index (κ1) is 13.0. The van der Waals surface area contributed by atoms with Gasteiger partial charge in [-0.05, 0) is 44.0 Å². The van der Waals surface area contributed by atoms with Gasteiger partial charge in [0.25, 0.3) is 0 Å². The van der Waals surface area contributed by atoms with E-state index in [1.807, 2.05) is 32.0 Å². The highest BCUT2D eigenvalue weighted by Gasteiger charge is 2.31. The summed E-state index contributed by atoms with van der Waals surface area (Å²) < 4.78 is 10.3. The number of aryl methyl sites for hydroxylation is 1. The first-order valence-corrected chi connectivity index (χ1v) is 5.33. The molecule has 0 radical (unpaired) electrons. The van der Waals surface area contributed by atoms with Gasteiger partial charge in [0, 0.05) is 7.11 Å². The van der Waals surface area contributed by atoms with Crippen LogP contribution < -0.4 is 4.74 Å². The topological polar surface area (TPSA) is 38.7 Å². The smallest absolute Gasteiger partial charge is 0.119 e. The van der Waals surface area contributed by atoms with Crippen molar-refractivity contribution < 1.29 is 14.6 Å². The van der Waals surface area contributed by atoms with Gasteiger partial charge in [-0.25, -0.2) is 0 Å². The van der Waals surface area contributed by atoms with Gasteiger partial charge in [0.1, 0.15) is 11.4 Å². The fourth-order valence-electron chi connectivity index (χ4n) is 1.78. The fraction of sp³-hybridized carbons (Fsp3) is 0.538. The Bertz CT molecular complexity index is 358. The second-order valence-corrected chi connectivity index (χ2v) is 4.21. The molecule has 0 aliphatic rings. The maximum absolute atomic E-state index is 10.4. The van der Waals surface area contributed by atoms with Crippen LogP contribution in [-0.2, 0) is 10.3 Å². The predicted molar refractivity (Wildman–Crippen MR) is 63.8 cm³/mol. The van der Waals surface area contributed by atoms with Crippen LogP contribution in [0.25, 0.3) is 0 Å². The average molecular weight is 224 g/mol. The largest absolute Gasteiger partial charge is 0.497 e. The van der Waals surface area contributed by atoms with Crippen LogP contribution in [0.4, 0.5) is 0 Å². The van der Waals surface area contributed by atoms with Crippen molar-refractivity contribution in [1.29, 1.82) is 0 Å². The lowest BCUT2D eigenvalue weighted by atomic mass is 9.87. The minimum Gasteiger partial charge on any atom is -0.497 e. The summed E-state index contributed by atoms with van der Waals surface area (Å²) in [5, 5.41) is 10.4. The second-order valence-electron chi connectivity index (χ2n) is 4.21. The SMILES string of the molecule is COc1ccc(C(C)(O)C(C)OC)c(C)c1. The van der Waals surface area contributed by atoms with E-state index < -0.39 is 5.60 Å². The molecule has 0 aromatic heterocycles. The normalized spacial score (nSPS) is 16.6. The molecule has 3 heteroatoms. The van der Waals surface area contributed by atoms with E-state index in [1.165, 1.54) is 0 Å². The molecule has 0 spiro atoms. The van der Waals surface area contributed by atoms with Gasteiger partial charge in [0.15, 0.2) is 0 Å². The molecular weight excluding hydrogens is 204 g/mol. The molecule has 0 heterocycles. The number of rotatable bonds is 4. The Morgan fingerprint density at radius 1 is 1.31 bits per heavy atom. The standard InChI is InChI=1S/C13H20O3/c1-9-8-11(16-5)6-7-12(9)13(3,14)10(2)15-4/h6-8,10,14H,1-5H3. The third kappa shape index (κ3) is 2.36. The molecule has 2 atom stereocenters. The Hall–Kier alpha value is -1.06. The van der Waals surface area contributed by atoms with Crippen LogP contribution in [0.3, 0.4) is 0 Å². The number of ether oxygens (including phenoxy) is 2. The van der Waals surface area contributed by atoms with Crippen LogP contribution in [0.5, 0.6) is 5.75 Å². The first-order chi connectivity index (χ1) is 7.43. The minimum atomic E-state index is -0.995. The molecule has 0 amide bonds. The van der Waals surface area contributed by atoms with Crippen molar-refractivity contribution in [2.24, 2.45) is 0 Å². The summed E-state index contributed by atoms with van der Waals surface area (Å²) in [6.45, 7) is 5.56. The van der Waals surface area contributed by atoms with Crippen molar-refractivity contribution in [2.45, 2.75) is 32.5 Å². The summed E-state index contributed by atoms with van der Waals surface area (Å²) in [5.41, 5.74) is 0.862. The van der Waals surface area contributed by atoms with Gasteiger partial charge in [-0.2, -0.15) is 0 Å². The van der Waals surface area contributed by atoms with Gasteiger partial charge in [0.05, 0.1) is 13.2 Å². The summed E-state index contributed by atoms with van der Waals surface area (Å²) in [7, 11) is 3.22. The fourth-order valence-corrected chi connectivity index (χ4v) is 1.78. The maximum atomic E-state index is 10.4. The quantitative estimate of drug-likeness (QED) is 0.852. The Labute approximate surface area is 97.0 Å². The zero-order chi connectivity index (χ0) is 12.3. The third-order valence-electron chi connectivity index (χ3n) is 3.12. The molecule has 3 nitrogen and oxygen atoms in total. The van der Waals surface area contributed by atoms with Gasteiger partial charge in [-0.15, -0.1) is 0 Å². The molecule has 1 rings (SSSR count). The lowest BCUT2D eigenvalue weighted by molar-refractivity contribution is -0.0775. The molecule has 1 aromatic rings. The molecule has 0 bridgehead atoms. The molecule has 0 aliphatic heterocycles. The number of methoxy groups -OCH3 is 2. The molecule has 0 saturated carbocycles. The van der Waals surface area contributed by atoms with Crippen LogP contribution in [0, 0.1) is 6.92 Å². The van der Waals surface area contributed by atoms with Crippen molar-refractivity contribution >= 4 is 0 Å². The van der Waals surface area contributed by atoms with Gasteiger partial charge in [0.2, 0.25) is 0 Å². The van der Waals surface area contributed by atoms with Crippen LogP contribution >= 0.6 is 0 Å². The molecular formula is C13H20O3. The average Bonchev–Trinajstić information content (AvgIpc) is 2.27. The molecule has 0 aliphatic carbocycles. The van der Waals surface area contributed by atoms with E-state index in [0.29, 0.717) is 0 Å². The highest BCUT2D eigenvalue weighted by Crippen LogP contribution is 2.30. The van der Waals surface area contributed by atoms with Crippen LogP contribution in [0.2, 0.25) is 0 Å². The van der Waals surface area contributed by atoms with Crippen molar-refractivity contribution in [3.05, 3.63) is 29.3 Å². The van der Waals surface area contributed by atoms with E-state index in [9.17, 15) is 5.11 Å². The minimum absolute atomic E-state index is 0.264. The van der Waals surface area contributed by atoms with Gasteiger partial charge in [-0.1, -0.05) is 6.07 Å². The Morgan fingerprint density at radius 3 is 2.38 bits per heavy atom. The highest BCUT2D eigenvalue weighted by molar-refractivity contribution is 5.38. The zero-order valence-corrected chi connectivity index (χ0v) is 10.6. The lowest BCUT2D eigenvalue weighted by Gasteiger charge is -2.31. The number of benzene rings is 1. The summed E-state index contributed by atoms with van der Waals surface area (Å²) in [6.07, 6.45) is -0.264. The van der Waals surface area contributed by atoms with E-state index in [-0.39, 0.29) is 6.10 Å². The van der Waals surface area contributed by atoms with E-state index in [2.05, 4.69) is 0 Å². The maximum Gasteiger partial charge on any atom is 0.119 e. The van der Waals surface area contributed by atoms with Crippen LogP contribution in [0.1, 0.15) is 25.0 Å². The summed E-state index contributed by atoms with van der Waals surface area (Å²) in [6, 6.07) is 5.63. The van der Waals surface area contributed by atoms with Crippen LogP contribution in [-0.4, -0.2) is 25.4 Å². The van der Waals surface area contributed by atoms with E-state index in [0.717, 1.165) is 16.9 Å². The summed E-state index contributed by atoms with van der Waals surface area (Å²) in [5.74, 6) is 0.794. The molecule has 1 aromatic carbocycles. The summed E-state index contributed by atoms with van der Waals surface area (Å²) in [4.78, 5) is 0. The zero-order valence-electron chi connectivity index (χ0n) is 10.6. The van der Waals surface area contributed by atoms with Gasteiger partial charge < -0.3 is 14.6 Å². The molecule has 0 saturated heterocycles. The number of hydrogen-bond acceptors (Lipinski definition) is 3. The number of aliphatic hydroxyl groups is 1. The highest BCUT2D eigenvalue weighted by atomic mass is 16.5. The summed E-state index contributed by atoms with van der Waals surface area (Å²) >= 11 is 0. The van der Waals surface area contributed by atoms with E-state index >= 15 is 0 Å². The molecule has 16 heavy (non-hydrogen) atoms. The van der Waals surface area contributed by atoms with Crippen LogP contribution in [0.15, 0.2) is 18.2 Å². The predicted octanol–water partition coefficient (Wildman–Crippen LogP) is 2.25. The first-order valence-electron chi connectivity index (χ1n) is 5.33. The molecule has 0 fully saturated rings. The molecule has 90 valence electrons. The lowest BCUT2D eigenvalue weighted by Crippen LogP contribution is -2.36. The monoisotopic (exact) mass is 224 g/mol. The Morgan fingerprint density at radius 2 is 1.94 bits per heavy atom. The van der Waals surface area contributed by atoms with Crippen molar-refractivity contribution in [3.8, 4) is 5.75 Å². The Balaban J connectivity index is 3.13. The van der Waals surface area contributed by atoms with Crippen molar-refractivity contribution in [1.82, 2.24) is 0 Å². The van der Waals surface area contributed by atoms with E-state index in [4.69, 9.17) is 9.47 Å². The van der Waals surface area contributed by atoms with Gasteiger partial charge in [-0.3, -0.25) is 0 Å². The van der Waals surface area contributed by atoms with Crippen molar-refractivity contribution in [2.75, 3.05) is 14.2 Å². The molecule has 2 unspecified atom stereocenters. The van der Waals surface area contributed by atoms with Gasteiger partial charge >= 0.3 is 0 Å². The Kier molecular flexibility index (Phi) is 3.94. The number of hydrogen-bond donors (Lipinski definition) is 1. The molecule has 1 N–H and O–H groups in total. The second kappa shape index (κ2) is 4.85. The third-order valence-corrected chi connectivity index (χ3v) is 3.12. The van der Waals surface area contributed by atoms with E-state index in [1.54, 1.807) is 21.1 Å².